The van der Waals surface area contributed by atoms with Gasteiger partial charge in [0.1, 0.15) is 4.90 Å². The topological polar surface area (TPSA) is 66.4 Å². The van der Waals surface area contributed by atoms with Crippen molar-refractivity contribution in [1.82, 2.24) is 4.72 Å². The fourth-order valence-corrected chi connectivity index (χ4v) is 3.72. The van der Waals surface area contributed by atoms with Crippen LogP contribution in [0.3, 0.4) is 0 Å². The van der Waals surface area contributed by atoms with Crippen molar-refractivity contribution in [2.24, 2.45) is 0 Å². The van der Waals surface area contributed by atoms with E-state index in [1.165, 1.54) is 12.1 Å². The number of halogens is 1. The van der Waals surface area contributed by atoms with Gasteiger partial charge in [-0.1, -0.05) is 23.7 Å². The maximum absolute atomic E-state index is 12.1. The van der Waals surface area contributed by atoms with E-state index in [0.717, 1.165) is 5.75 Å². The smallest absolute Gasteiger partial charge is 0.242 e. The standard InChI is InChI=1S/C12H18ClNO3S2/c1-12(15,7-8-18-2)9-14-19(16,17)11-6-4-3-5-10(11)13/h3-6,14-15H,7-9H2,1-2H3/t12-/m0/s1. The third-order valence-electron chi connectivity index (χ3n) is 2.61. The number of nitrogens with one attached hydrogen (secondary N) is 1. The lowest BCUT2D eigenvalue weighted by Crippen LogP contribution is -2.41. The van der Waals surface area contributed by atoms with E-state index in [1.807, 2.05) is 6.26 Å². The molecule has 0 saturated carbocycles. The largest absolute Gasteiger partial charge is 0.389 e. The molecule has 0 fully saturated rings. The maximum atomic E-state index is 12.1. The molecule has 0 bridgehead atoms. The summed E-state index contributed by atoms with van der Waals surface area (Å²) in [5, 5.41) is 10.2. The molecular weight excluding hydrogens is 306 g/mol. The molecule has 4 nitrogen and oxygen atoms in total. The summed E-state index contributed by atoms with van der Waals surface area (Å²) in [7, 11) is -3.70. The van der Waals surface area contributed by atoms with Crippen LogP contribution in [0, 0.1) is 0 Å². The molecule has 0 aliphatic carbocycles. The van der Waals surface area contributed by atoms with Gasteiger partial charge in [0.2, 0.25) is 10.0 Å². The molecular formula is C12H18ClNO3S2. The molecule has 1 rings (SSSR count). The van der Waals surface area contributed by atoms with Crippen LogP contribution < -0.4 is 4.72 Å². The Morgan fingerprint density at radius 3 is 2.63 bits per heavy atom. The zero-order valence-electron chi connectivity index (χ0n) is 10.9. The van der Waals surface area contributed by atoms with Gasteiger partial charge in [0.15, 0.2) is 0 Å². The average Bonchev–Trinajstić information content (AvgIpc) is 2.35. The molecule has 1 aromatic carbocycles. The molecule has 1 atom stereocenters. The van der Waals surface area contributed by atoms with Gasteiger partial charge in [-0.05, 0) is 37.5 Å². The quantitative estimate of drug-likeness (QED) is 0.806. The van der Waals surface area contributed by atoms with Crippen molar-refractivity contribution in [3.8, 4) is 0 Å². The fraction of sp³-hybridized carbons (Fsp3) is 0.500. The van der Waals surface area contributed by atoms with Gasteiger partial charge >= 0.3 is 0 Å². The highest BCUT2D eigenvalue weighted by molar-refractivity contribution is 7.98. The van der Waals surface area contributed by atoms with Gasteiger partial charge in [0.25, 0.3) is 0 Å². The lowest BCUT2D eigenvalue weighted by Gasteiger charge is -2.23. The molecule has 0 unspecified atom stereocenters. The lowest BCUT2D eigenvalue weighted by molar-refractivity contribution is 0.0626. The van der Waals surface area contributed by atoms with E-state index in [4.69, 9.17) is 11.6 Å². The van der Waals surface area contributed by atoms with Crippen LogP contribution in [0.1, 0.15) is 13.3 Å². The van der Waals surface area contributed by atoms with Crippen LogP contribution in [-0.4, -0.2) is 37.7 Å². The van der Waals surface area contributed by atoms with Crippen molar-refractivity contribution >= 4 is 33.4 Å². The Labute approximate surface area is 123 Å². The van der Waals surface area contributed by atoms with Gasteiger partial charge < -0.3 is 5.11 Å². The van der Waals surface area contributed by atoms with Crippen LogP contribution in [0.25, 0.3) is 0 Å². The first kappa shape index (κ1) is 16.8. The van der Waals surface area contributed by atoms with Gasteiger partial charge in [-0.2, -0.15) is 11.8 Å². The highest BCUT2D eigenvalue weighted by Gasteiger charge is 2.24. The number of aliphatic hydroxyl groups is 1. The second-order valence-corrected chi connectivity index (χ2v) is 7.62. The molecule has 1 aromatic rings. The first-order valence-electron chi connectivity index (χ1n) is 5.74. The fourth-order valence-electron chi connectivity index (χ4n) is 1.40. The molecule has 2 N–H and O–H groups in total. The normalized spacial score (nSPS) is 15.2. The van der Waals surface area contributed by atoms with Crippen molar-refractivity contribution in [2.45, 2.75) is 23.8 Å². The zero-order chi connectivity index (χ0) is 14.5. The van der Waals surface area contributed by atoms with E-state index in [2.05, 4.69) is 4.72 Å². The summed E-state index contributed by atoms with van der Waals surface area (Å²) in [5.41, 5.74) is -1.07. The molecule has 0 spiro atoms. The predicted octanol–water partition coefficient (Wildman–Crippen LogP) is 2.12. The molecule has 7 heteroatoms. The summed E-state index contributed by atoms with van der Waals surface area (Å²) < 4.78 is 26.5. The summed E-state index contributed by atoms with van der Waals surface area (Å²) in [4.78, 5) is 0.0253. The zero-order valence-corrected chi connectivity index (χ0v) is 13.3. The third-order valence-corrected chi connectivity index (χ3v) is 5.13. The van der Waals surface area contributed by atoms with Gasteiger partial charge in [-0.25, -0.2) is 13.1 Å². The number of thioether (sulfide) groups is 1. The van der Waals surface area contributed by atoms with Crippen LogP contribution in [0.15, 0.2) is 29.2 Å². The Morgan fingerprint density at radius 2 is 2.05 bits per heavy atom. The van der Waals surface area contributed by atoms with Crippen LogP contribution in [0.4, 0.5) is 0 Å². The second-order valence-electron chi connectivity index (χ2n) is 4.49. The molecule has 0 saturated heterocycles. The van der Waals surface area contributed by atoms with Crippen LogP contribution in [0.5, 0.6) is 0 Å². The van der Waals surface area contributed by atoms with E-state index >= 15 is 0 Å². The average molecular weight is 324 g/mol. The monoisotopic (exact) mass is 323 g/mol. The SMILES string of the molecule is CSCC[C@](C)(O)CNS(=O)(=O)c1ccccc1Cl. The Morgan fingerprint density at radius 1 is 1.42 bits per heavy atom. The van der Waals surface area contributed by atoms with Gasteiger partial charge in [0.05, 0.1) is 10.6 Å². The summed E-state index contributed by atoms with van der Waals surface area (Å²) >= 11 is 7.46. The maximum Gasteiger partial charge on any atom is 0.242 e. The van der Waals surface area contributed by atoms with Crippen LogP contribution >= 0.6 is 23.4 Å². The van der Waals surface area contributed by atoms with E-state index in [9.17, 15) is 13.5 Å². The first-order chi connectivity index (χ1) is 8.78. The van der Waals surface area contributed by atoms with Crippen molar-refractivity contribution in [2.75, 3.05) is 18.6 Å². The van der Waals surface area contributed by atoms with Gasteiger partial charge in [0, 0.05) is 6.54 Å². The van der Waals surface area contributed by atoms with Gasteiger partial charge in [-0.3, -0.25) is 0 Å². The molecule has 19 heavy (non-hydrogen) atoms. The van der Waals surface area contributed by atoms with E-state index in [0.29, 0.717) is 6.42 Å². The highest BCUT2D eigenvalue weighted by Crippen LogP contribution is 2.21. The summed E-state index contributed by atoms with van der Waals surface area (Å²) in [5.74, 6) is 0.765. The minimum Gasteiger partial charge on any atom is -0.389 e. The summed E-state index contributed by atoms with van der Waals surface area (Å²) in [6, 6.07) is 6.21. The Bertz CT molecular complexity index is 517. The van der Waals surface area contributed by atoms with Crippen molar-refractivity contribution in [3.63, 3.8) is 0 Å². The van der Waals surface area contributed by atoms with E-state index < -0.39 is 15.6 Å². The Hall–Kier alpha value is -0.270. The predicted molar refractivity (Wildman–Crippen MR) is 80.3 cm³/mol. The molecule has 0 heterocycles. The Kier molecular flexibility index (Phi) is 6.14. The molecule has 108 valence electrons. The Balaban J connectivity index is 2.74. The molecule has 0 aromatic heterocycles. The van der Waals surface area contributed by atoms with Crippen LogP contribution in [0.2, 0.25) is 5.02 Å². The van der Waals surface area contributed by atoms with Crippen molar-refractivity contribution in [1.29, 1.82) is 0 Å². The number of sulfonamides is 1. The number of rotatable bonds is 7. The summed E-state index contributed by atoms with van der Waals surface area (Å²) in [6.45, 7) is 1.57. The van der Waals surface area contributed by atoms with Crippen molar-refractivity contribution in [3.05, 3.63) is 29.3 Å². The summed E-state index contributed by atoms with van der Waals surface area (Å²) in [6.07, 6.45) is 2.45. The minimum atomic E-state index is -3.70. The number of hydrogen-bond donors (Lipinski definition) is 2. The lowest BCUT2D eigenvalue weighted by atomic mass is 10.1. The highest BCUT2D eigenvalue weighted by atomic mass is 35.5. The third kappa shape index (κ3) is 5.31. The second kappa shape index (κ2) is 6.95. The first-order valence-corrected chi connectivity index (χ1v) is 8.99. The van der Waals surface area contributed by atoms with E-state index in [-0.39, 0.29) is 16.5 Å². The molecule has 0 radical (unpaired) electrons. The number of benzene rings is 1. The molecule has 0 aliphatic heterocycles. The molecule has 0 aliphatic rings. The van der Waals surface area contributed by atoms with Crippen LogP contribution in [-0.2, 0) is 10.0 Å². The van der Waals surface area contributed by atoms with Gasteiger partial charge in [-0.15, -0.1) is 0 Å². The minimum absolute atomic E-state index is 0.0253. The number of hydrogen-bond acceptors (Lipinski definition) is 4. The van der Waals surface area contributed by atoms with Crippen molar-refractivity contribution < 1.29 is 13.5 Å². The van der Waals surface area contributed by atoms with E-state index in [1.54, 1.807) is 30.8 Å². The molecule has 0 amide bonds.